The van der Waals surface area contributed by atoms with Crippen LogP contribution in [-0.4, -0.2) is 25.7 Å². The van der Waals surface area contributed by atoms with Crippen LogP contribution >= 0.6 is 11.3 Å². The Balaban J connectivity index is 2.00. The molecule has 0 unspecified atom stereocenters. The lowest BCUT2D eigenvalue weighted by Gasteiger charge is -2.02. The Morgan fingerprint density at radius 2 is 2.35 bits per heavy atom. The highest BCUT2D eigenvalue weighted by molar-refractivity contribution is 7.92. The Bertz CT molecular complexity index is 550. The van der Waals surface area contributed by atoms with Gasteiger partial charge in [0.1, 0.15) is 0 Å². The lowest BCUT2D eigenvalue weighted by molar-refractivity contribution is 0.597. The van der Waals surface area contributed by atoms with E-state index in [1.54, 1.807) is 6.20 Å². The summed E-state index contributed by atoms with van der Waals surface area (Å²) >= 11 is 1.22. The van der Waals surface area contributed by atoms with Crippen LogP contribution in [0.5, 0.6) is 0 Å². The third-order valence-electron chi connectivity index (χ3n) is 2.21. The van der Waals surface area contributed by atoms with Crippen LogP contribution in [0.15, 0.2) is 6.20 Å². The summed E-state index contributed by atoms with van der Waals surface area (Å²) in [5, 5.41) is 0.368. The molecule has 0 saturated heterocycles. The zero-order valence-corrected chi connectivity index (χ0v) is 10.8. The van der Waals surface area contributed by atoms with Gasteiger partial charge in [-0.05, 0) is 18.8 Å². The second-order valence-corrected chi connectivity index (χ2v) is 6.66. The molecule has 1 aliphatic carbocycles. The SMILES string of the molecule is NCC#Cc1cnc(NS(=O)(=O)CC2CC2)s1. The third-order valence-corrected chi connectivity index (χ3v) is 4.59. The smallest absolute Gasteiger partial charge is 0.234 e. The number of hydrogen-bond donors (Lipinski definition) is 2. The molecule has 1 aromatic rings. The maximum absolute atomic E-state index is 11.7. The van der Waals surface area contributed by atoms with E-state index in [1.165, 1.54) is 11.3 Å². The van der Waals surface area contributed by atoms with Gasteiger partial charge in [0.15, 0.2) is 5.13 Å². The van der Waals surface area contributed by atoms with Crippen molar-refractivity contribution in [3.8, 4) is 11.8 Å². The molecule has 0 bridgehead atoms. The first-order valence-corrected chi connectivity index (χ1v) is 7.71. The van der Waals surface area contributed by atoms with Crippen molar-refractivity contribution in [1.82, 2.24) is 4.98 Å². The van der Waals surface area contributed by atoms with E-state index in [0.717, 1.165) is 12.8 Å². The molecule has 0 radical (unpaired) electrons. The summed E-state index contributed by atoms with van der Waals surface area (Å²) in [6, 6.07) is 0. The molecule has 1 fully saturated rings. The molecule has 92 valence electrons. The summed E-state index contributed by atoms with van der Waals surface area (Å²) < 4.78 is 25.8. The Kier molecular flexibility index (Phi) is 3.66. The fraction of sp³-hybridized carbons (Fsp3) is 0.500. The van der Waals surface area contributed by atoms with Gasteiger partial charge in [0, 0.05) is 0 Å². The molecule has 0 aliphatic heterocycles. The molecule has 1 heterocycles. The molecule has 0 aromatic carbocycles. The molecule has 0 atom stereocenters. The average molecular weight is 271 g/mol. The van der Waals surface area contributed by atoms with Crippen molar-refractivity contribution < 1.29 is 8.42 Å². The maximum atomic E-state index is 11.7. The van der Waals surface area contributed by atoms with Crippen molar-refractivity contribution >= 4 is 26.5 Å². The minimum Gasteiger partial charge on any atom is -0.320 e. The van der Waals surface area contributed by atoms with Crippen LogP contribution in [0.3, 0.4) is 0 Å². The standard InChI is InChI=1S/C10H13N3O2S2/c11-5-1-2-9-6-12-10(16-9)13-17(14,15)7-8-3-4-8/h6,8H,3-5,7,11H2,(H,12,13). The molecule has 5 nitrogen and oxygen atoms in total. The number of hydrogen-bond acceptors (Lipinski definition) is 5. The summed E-state index contributed by atoms with van der Waals surface area (Å²) in [5.41, 5.74) is 5.25. The first-order chi connectivity index (χ1) is 8.09. The number of rotatable bonds is 4. The van der Waals surface area contributed by atoms with Gasteiger partial charge in [-0.2, -0.15) is 0 Å². The molecule has 1 saturated carbocycles. The molecule has 7 heteroatoms. The van der Waals surface area contributed by atoms with Crippen molar-refractivity contribution in [1.29, 1.82) is 0 Å². The van der Waals surface area contributed by atoms with Gasteiger partial charge < -0.3 is 5.73 Å². The summed E-state index contributed by atoms with van der Waals surface area (Å²) in [5.74, 6) is 6.02. The fourth-order valence-electron chi connectivity index (χ4n) is 1.29. The van der Waals surface area contributed by atoms with E-state index in [2.05, 4.69) is 21.5 Å². The predicted octanol–water partition coefficient (Wildman–Crippen LogP) is 0.605. The summed E-state index contributed by atoms with van der Waals surface area (Å²) in [4.78, 5) is 4.67. The second kappa shape index (κ2) is 5.04. The molecule has 1 aromatic heterocycles. The minimum atomic E-state index is -3.25. The zero-order chi connectivity index (χ0) is 12.3. The normalized spacial score (nSPS) is 15.1. The van der Waals surface area contributed by atoms with Crippen LogP contribution in [0, 0.1) is 17.8 Å². The summed E-state index contributed by atoms with van der Waals surface area (Å²) in [6.45, 7) is 0.278. The second-order valence-electron chi connectivity index (χ2n) is 3.86. The van der Waals surface area contributed by atoms with Crippen molar-refractivity contribution in [3.05, 3.63) is 11.1 Å². The number of aromatic nitrogens is 1. The molecule has 2 rings (SSSR count). The molecular weight excluding hydrogens is 258 g/mol. The summed E-state index contributed by atoms with van der Waals surface area (Å²) in [6.07, 6.45) is 3.56. The van der Waals surface area contributed by atoms with E-state index in [-0.39, 0.29) is 12.3 Å². The molecule has 0 spiro atoms. The molecule has 3 N–H and O–H groups in total. The number of nitrogens with two attached hydrogens (primary N) is 1. The van der Waals surface area contributed by atoms with Gasteiger partial charge in [0.25, 0.3) is 0 Å². The van der Waals surface area contributed by atoms with E-state index in [9.17, 15) is 8.42 Å². The van der Waals surface area contributed by atoms with Crippen LogP contribution in [0.25, 0.3) is 0 Å². The largest absolute Gasteiger partial charge is 0.320 e. The van der Waals surface area contributed by atoms with Crippen LogP contribution in [0.2, 0.25) is 0 Å². The van der Waals surface area contributed by atoms with Gasteiger partial charge in [0.2, 0.25) is 10.0 Å². The molecule has 1 aliphatic rings. The Labute approximate surface area is 104 Å². The number of nitrogens with zero attached hydrogens (tertiary/aromatic N) is 1. The third kappa shape index (κ3) is 4.00. The lowest BCUT2D eigenvalue weighted by Crippen LogP contribution is -2.17. The van der Waals surface area contributed by atoms with Gasteiger partial charge in [-0.3, -0.25) is 4.72 Å². The van der Waals surface area contributed by atoms with E-state index < -0.39 is 10.0 Å². The van der Waals surface area contributed by atoms with E-state index in [1.807, 2.05) is 0 Å². The Morgan fingerprint density at radius 3 is 3.00 bits per heavy atom. The summed E-state index contributed by atoms with van der Waals surface area (Å²) in [7, 11) is -3.25. The predicted molar refractivity (Wildman–Crippen MR) is 68.2 cm³/mol. The van der Waals surface area contributed by atoms with Crippen LogP contribution in [0.4, 0.5) is 5.13 Å². The number of anilines is 1. The van der Waals surface area contributed by atoms with Crippen molar-refractivity contribution in [2.45, 2.75) is 12.8 Å². The van der Waals surface area contributed by atoms with E-state index >= 15 is 0 Å². The number of sulfonamides is 1. The zero-order valence-electron chi connectivity index (χ0n) is 9.14. The highest BCUT2D eigenvalue weighted by Crippen LogP contribution is 2.31. The van der Waals surface area contributed by atoms with Gasteiger partial charge in [-0.1, -0.05) is 23.2 Å². The number of nitrogens with one attached hydrogen (secondary N) is 1. The maximum Gasteiger partial charge on any atom is 0.234 e. The number of thiazole rings is 1. The highest BCUT2D eigenvalue weighted by atomic mass is 32.2. The quantitative estimate of drug-likeness (QED) is 0.786. The topological polar surface area (TPSA) is 85.1 Å². The van der Waals surface area contributed by atoms with Crippen molar-refractivity contribution in [2.24, 2.45) is 11.7 Å². The lowest BCUT2D eigenvalue weighted by atomic mass is 10.5. The van der Waals surface area contributed by atoms with Crippen LogP contribution in [-0.2, 0) is 10.0 Å². The average Bonchev–Trinajstić information content (AvgIpc) is 2.93. The minimum absolute atomic E-state index is 0.191. The van der Waals surface area contributed by atoms with Gasteiger partial charge in [0.05, 0.1) is 23.4 Å². The van der Waals surface area contributed by atoms with E-state index in [4.69, 9.17) is 5.73 Å². The molecule has 0 amide bonds. The van der Waals surface area contributed by atoms with Gasteiger partial charge >= 0.3 is 0 Å². The van der Waals surface area contributed by atoms with Crippen molar-refractivity contribution in [2.75, 3.05) is 17.0 Å². The molecule has 17 heavy (non-hydrogen) atoms. The fourth-order valence-corrected chi connectivity index (χ4v) is 3.73. The van der Waals surface area contributed by atoms with Gasteiger partial charge in [-0.15, -0.1) is 0 Å². The monoisotopic (exact) mass is 271 g/mol. The van der Waals surface area contributed by atoms with Crippen LogP contribution in [0.1, 0.15) is 17.7 Å². The Morgan fingerprint density at radius 1 is 1.59 bits per heavy atom. The first-order valence-electron chi connectivity index (χ1n) is 5.24. The van der Waals surface area contributed by atoms with Gasteiger partial charge in [-0.25, -0.2) is 13.4 Å². The Hall–Kier alpha value is -1.10. The van der Waals surface area contributed by atoms with Crippen molar-refractivity contribution in [3.63, 3.8) is 0 Å². The highest BCUT2D eigenvalue weighted by Gasteiger charge is 2.28. The molecular formula is C10H13N3O2S2. The first kappa shape index (κ1) is 12.4. The van der Waals surface area contributed by atoms with E-state index in [0.29, 0.717) is 15.9 Å². The van der Waals surface area contributed by atoms with Crippen LogP contribution < -0.4 is 10.5 Å².